The fourth-order valence-electron chi connectivity index (χ4n) is 2.49. The van der Waals surface area contributed by atoms with Crippen molar-refractivity contribution in [2.24, 2.45) is 0 Å². The van der Waals surface area contributed by atoms with Gasteiger partial charge in [-0.25, -0.2) is 4.79 Å². The summed E-state index contributed by atoms with van der Waals surface area (Å²) in [6, 6.07) is 9.24. The van der Waals surface area contributed by atoms with Crippen molar-refractivity contribution < 1.29 is 14.6 Å². The number of amides is 2. The maximum Gasteiger partial charge on any atom is 0.314 e. The number of aliphatic hydroxyl groups is 1. The highest BCUT2D eigenvalue weighted by molar-refractivity contribution is 5.73. The third-order valence-electron chi connectivity index (χ3n) is 4.16. The molecule has 3 N–H and O–H groups in total. The first-order chi connectivity index (χ1) is 10.2. The number of carbonyl (C=O) groups is 1. The van der Waals surface area contributed by atoms with Gasteiger partial charge in [0, 0.05) is 20.2 Å². The minimum atomic E-state index is -0.552. The molecule has 1 fully saturated rings. The Morgan fingerprint density at radius 3 is 2.62 bits per heavy atom. The van der Waals surface area contributed by atoms with E-state index in [0.717, 1.165) is 24.8 Å². The predicted molar refractivity (Wildman–Crippen MR) is 81.0 cm³/mol. The quantitative estimate of drug-likeness (QED) is 0.719. The van der Waals surface area contributed by atoms with E-state index in [1.54, 1.807) is 7.11 Å². The molecular weight excluding hydrogens is 268 g/mol. The third-order valence-corrected chi connectivity index (χ3v) is 4.16. The summed E-state index contributed by atoms with van der Waals surface area (Å²) in [5.41, 5.74) is 0.702. The highest BCUT2D eigenvalue weighted by Gasteiger charge is 2.37. The van der Waals surface area contributed by atoms with Crippen molar-refractivity contribution in [2.45, 2.75) is 37.4 Å². The van der Waals surface area contributed by atoms with Crippen LogP contribution in [0, 0.1) is 0 Å². The summed E-state index contributed by atoms with van der Waals surface area (Å²) in [5, 5.41) is 15.6. The van der Waals surface area contributed by atoms with Crippen LogP contribution in [0.3, 0.4) is 0 Å². The lowest BCUT2D eigenvalue weighted by Gasteiger charge is -2.40. The van der Waals surface area contributed by atoms with Gasteiger partial charge in [0.15, 0.2) is 0 Å². The molecule has 0 spiro atoms. The average molecular weight is 292 g/mol. The number of nitrogens with one attached hydrogen (secondary N) is 2. The molecule has 0 aromatic heterocycles. The molecule has 1 atom stereocenters. The molecule has 0 aliphatic heterocycles. The molecule has 1 aliphatic carbocycles. The van der Waals surface area contributed by atoms with Crippen molar-refractivity contribution in [1.29, 1.82) is 0 Å². The molecule has 1 aliphatic rings. The summed E-state index contributed by atoms with van der Waals surface area (Å²) >= 11 is 0. The molecule has 1 aromatic rings. The number of carbonyl (C=O) groups excluding carboxylic acids is 1. The van der Waals surface area contributed by atoms with Gasteiger partial charge >= 0.3 is 6.03 Å². The fourth-order valence-corrected chi connectivity index (χ4v) is 2.49. The van der Waals surface area contributed by atoms with Crippen molar-refractivity contribution in [3.63, 3.8) is 0 Å². The van der Waals surface area contributed by atoms with Gasteiger partial charge in [0.25, 0.3) is 0 Å². The van der Waals surface area contributed by atoms with Crippen LogP contribution < -0.4 is 10.6 Å². The van der Waals surface area contributed by atoms with Gasteiger partial charge in [0.1, 0.15) is 0 Å². The first-order valence-electron chi connectivity index (χ1n) is 7.45. The second-order valence-electron chi connectivity index (χ2n) is 5.57. The number of methoxy groups -OCH3 is 1. The van der Waals surface area contributed by atoms with Crippen LogP contribution in [-0.4, -0.2) is 36.9 Å². The van der Waals surface area contributed by atoms with Gasteiger partial charge in [-0.3, -0.25) is 0 Å². The first-order valence-corrected chi connectivity index (χ1v) is 7.45. The van der Waals surface area contributed by atoms with E-state index in [1.165, 1.54) is 0 Å². The molecule has 21 heavy (non-hydrogen) atoms. The number of hydrogen-bond acceptors (Lipinski definition) is 3. The van der Waals surface area contributed by atoms with E-state index in [2.05, 4.69) is 10.6 Å². The van der Waals surface area contributed by atoms with E-state index >= 15 is 0 Å². The lowest BCUT2D eigenvalue weighted by Crippen LogP contribution is -2.51. The molecule has 2 rings (SSSR count). The van der Waals surface area contributed by atoms with Gasteiger partial charge in [-0.05, 0) is 31.2 Å². The summed E-state index contributed by atoms with van der Waals surface area (Å²) in [6.45, 7) is 0.971. The van der Waals surface area contributed by atoms with Crippen molar-refractivity contribution in [3.8, 4) is 0 Å². The zero-order chi connectivity index (χ0) is 15.1. The lowest BCUT2D eigenvalue weighted by atomic mass is 9.80. The monoisotopic (exact) mass is 292 g/mol. The van der Waals surface area contributed by atoms with Gasteiger partial charge in [0.05, 0.1) is 11.7 Å². The van der Waals surface area contributed by atoms with E-state index in [4.69, 9.17) is 4.74 Å². The van der Waals surface area contributed by atoms with Crippen LogP contribution >= 0.6 is 0 Å². The SMILES string of the molecule is COC1(CNC(=O)NCCC(O)c2ccccc2)CCC1. The fraction of sp³-hybridized carbons (Fsp3) is 0.562. The molecule has 1 unspecified atom stereocenters. The zero-order valence-corrected chi connectivity index (χ0v) is 12.5. The van der Waals surface area contributed by atoms with E-state index in [0.29, 0.717) is 19.5 Å². The lowest BCUT2D eigenvalue weighted by molar-refractivity contribution is -0.0674. The Morgan fingerprint density at radius 2 is 2.05 bits per heavy atom. The van der Waals surface area contributed by atoms with Gasteiger partial charge in [-0.15, -0.1) is 0 Å². The summed E-state index contributed by atoms with van der Waals surface area (Å²) in [4.78, 5) is 11.7. The van der Waals surface area contributed by atoms with Crippen LogP contribution in [0.5, 0.6) is 0 Å². The van der Waals surface area contributed by atoms with E-state index in [9.17, 15) is 9.90 Å². The highest BCUT2D eigenvalue weighted by Crippen LogP contribution is 2.34. The van der Waals surface area contributed by atoms with E-state index in [1.807, 2.05) is 30.3 Å². The Morgan fingerprint density at radius 1 is 1.33 bits per heavy atom. The Labute approximate surface area is 125 Å². The summed E-state index contributed by atoms with van der Waals surface area (Å²) in [6.07, 6.45) is 3.09. The molecule has 0 heterocycles. The molecule has 1 aromatic carbocycles. The maximum absolute atomic E-state index is 11.7. The van der Waals surface area contributed by atoms with Crippen LogP contribution in [0.1, 0.15) is 37.4 Å². The third kappa shape index (κ3) is 4.44. The standard InChI is InChI=1S/C16H24N2O3/c1-21-16(9-5-10-16)12-18-15(20)17-11-8-14(19)13-6-3-2-4-7-13/h2-4,6-7,14,19H,5,8-12H2,1H3,(H2,17,18,20). The highest BCUT2D eigenvalue weighted by atomic mass is 16.5. The average Bonchev–Trinajstić information content (AvgIpc) is 2.47. The smallest absolute Gasteiger partial charge is 0.314 e. The Hall–Kier alpha value is -1.59. The van der Waals surface area contributed by atoms with E-state index in [-0.39, 0.29) is 11.6 Å². The normalized spacial score (nSPS) is 17.6. The minimum Gasteiger partial charge on any atom is -0.388 e. The first kappa shape index (κ1) is 15.8. The minimum absolute atomic E-state index is 0.166. The predicted octanol–water partition coefficient (Wildman–Crippen LogP) is 1.98. The molecule has 2 amide bonds. The molecular formula is C16H24N2O3. The second-order valence-corrected chi connectivity index (χ2v) is 5.57. The molecule has 5 heteroatoms. The molecule has 116 valence electrons. The van der Waals surface area contributed by atoms with Gasteiger partial charge in [0.2, 0.25) is 0 Å². The van der Waals surface area contributed by atoms with Crippen LogP contribution in [-0.2, 0) is 4.74 Å². The van der Waals surface area contributed by atoms with Crippen LogP contribution in [0.4, 0.5) is 4.79 Å². The Balaban J connectivity index is 1.63. The Bertz CT molecular complexity index is 441. The van der Waals surface area contributed by atoms with Crippen LogP contribution in [0.25, 0.3) is 0 Å². The van der Waals surface area contributed by atoms with Crippen molar-refractivity contribution >= 4 is 6.03 Å². The van der Waals surface area contributed by atoms with Gasteiger partial charge in [-0.1, -0.05) is 30.3 Å². The maximum atomic E-state index is 11.7. The van der Waals surface area contributed by atoms with Crippen LogP contribution in [0.2, 0.25) is 0 Å². The Kier molecular flexibility index (Phi) is 5.59. The van der Waals surface area contributed by atoms with Crippen molar-refractivity contribution in [1.82, 2.24) is 10.6 Å². The van der Waals surface area contributed by atoms with Crippen LogP contribution in [0.15, 0.2) is 30.3 Å². The molecule has 0 radical (unpaired) electrons. The molecule has 0 bridgehead atoms. The van der Waals surface area contributed by atoms with E-state index < -0.39 is 6.10 Å². The number of urea groups is 1. The van der Waals surface area contributed by atoms with Gasteiger partial charge < -0.3 is 20.5 Å². The number of aliphatic hydroxyl groups excluding tert-OH is 1. The number of hydrogen-bond donors (Lipinski definition) is 3. The number of ether oxygens (including phenoxy) is 1. The molecule has 5 nitrogen and oxygen atoms in total. The van der Waals surface area contributed by atoms with Crippen molar-refractivity contribution in [2.75, 3.05) is 20.2 Å². The summed E-state index contributed by atoms with van der Waals surface area (Å²) in [7, 11) is 1.69. The largest absolute Gasteiger partial charge is 0.388 e. The van der Waals surface area contributed by atoms with Crippen molar-refractivity contribution in [3.05, 3.63) is 35.9 Å². The second kappa shape index (κ2) is 7.43. The molecule has 0 saturated heterocycles. The summed E-state index contributed by atoms with van der Waals surface area (Å²) < 4.78 is 5.44. The van der Waals surface area contributed by atoms with Gasteiger partial charge in [-0.2, -0.15) is 0 Å². The zero-order valence-electron chi connectivity index (χ0n) is 12.5. The molecule has 1 saturated carbocycles. The number of rotatable bonds is 7. The topological polar surface area (TPSA) is 70.6 Å². The summed E-state index contributed by atoms with van der Waals surface area (Å²) in [5.74, 6) is 0. The number of benzene rings is 1.